The van der Waals surface area contributed by atoms with Gasteiger partial charge in [-0.2, -0.15) is 0 Å². The zero-order valence-electron chi connectivity index (χ0n) is 14.0. The quantitative estimate of drug-likeness (QED) is 0.808. The first-order valence-corrected chi connectivity index (χ1v) is 9.35. The van der Waals surface area contributed by atoms with E-state index < -0.39 is 10.0 Å². The third kappa shape index (κ3) is 4.83. The standard InChI is InChI=1S/C15H24Cl2N2O2S/c1-10-7-12(16)11(2)14(13(10)17)22(20,21)18-8-15(3,4)9-19(5)6/h7,18H,8-9H2,1-6H3/p+1. The Morgan fingerprint density at radius 2 is 1.77 bits per heavy atom. The van der Waals surface area contributed by atoms with Gasteiger partial charge in [0, 0.05) is 17.0 Å². The molecule has 0 saturated carbocycles. The van der Waals surface area contributed by atoms with Crippen molar-refractivity contribution in [2.24, 2.45) is 5.41 Å². The molecule has 126 valence electrons. The molecule has 0 spiro atoms. The molecule has 1 rings (SSSR count). The number of nitrogens with one attached hydrogen (secondary N) is 2. The predicted octanol–water partition coefficient (Wildman–Crippen LogP) is 2.06. The molecule has 0 atom stereocenters. The molecule has 1 aromatic rings. The van der Waals surface area contributed by atoms with Gasteiger partial charge in [-0.3, -0.25) is 0 Å². The SMILES string of the molecule is Cc1cc(Cl)c(C)c(S(=O)(=O)NCC(C)(C)C[NH+](C)C)c1Cl. The van der Waals surface area contributed by atoms with Gasteiger partial charge in [-0.1, -0.05) is 37.0 Å². The summed E-state index contributed by atoms with van der Waals surface area (Å²) in [4.78, 5) is 1.34. The minimum atomic E-state index is -3.71. The van der Waals surface area contributed by atoms with Crippen LogP contribution >= 0.6 is 23.2 Å². The number of hydrogen-bond acceptors (Lipinski definition) is 2. The molecular weight excluding hydrogens is 343 g/mol. The first-order chi connectivity index (χ1) is 9.87. The number of benzene rings is 1. The van der Waals surface area contributed by atoms with E-state index in [0.717, 1.165) is 6.54 Å². The number of hydrogen-bond donors (Lipinski definition) is 2. The van der Waals surface area contributed by atoms with E-state index in [2.05, 4.69) is 4.72 Å². The third-order valence-corrected chi connectivity index (χ3v) is 5.99. The second-order valence-electron chi connectivity index (χ2n) is 6.82. The van der Waals surface area contributed by atoms with Gasteiger partial charge in [-0.05, 0) is 31.0 Å². The van der Waals surface area contributed by atoms with Crippen LogP contribution in [-0.2, 0) is 10.0 Å². The lowest BCUT2D eigenvalue weighted by molar-refractivity contribution is -0.865. The molecule has 2 N–H and O–H groups in total. The van der Waals surface area contributed by atoms with E-state index in [9.17, 15) is 8.42 Å². The molecule has 0 aliphatic rings. The number of rotatable bonds is 6. The van der Waals surface area contributed by atoms with Gasteiger partial charge >= 0.3 is 0 Å². The number of sulfonamides is 1. The highest BCUT2D eigenvalue weighted by atomic mass is 35.5. The second kappa shape index (κ2) is 7.05. The Balaban J connectivity index is 3.12. The van der Waals surface area contributed by atoms with Crippen molar-refractivity contribution < 1.29 is 13.3 Å². The van der Waals surface area contributed by atoms with Crippen LogP contribution < -0.4 is 9.62 Å². The van der Waals surface area contributed by atoms with E-state index in [1.807, 2.05) is 27.9 Å². The minimum Gasteiger partial charge on any atom is -0.339 e. The molecule has 0 aliphatic carbocycles. The van der Waals surface area contributed by atoms with Gasteiger partial charge in [0.1, 0.15) is 4.90 Å². The van der Waals surface area contributed by atoms with Crippen LogP contribution in [0.5, 0.6) is 0 Å². The summed E-state index contributed by atoms with van der Waals surface area (Å²) in [5.74, 6) is 0. The Labute approximate surface area is 143 Å². The number of aryl methyl sites for hydroxylation is 1. The Kier molecular flexibility index (Phi) is 6.32. The monoisotopic (exact) mass is 367 g/mol. The molecule has 0 fully saturated rings. The maximum absolute atomic E-state index is 12.6. The lowest BCUT2D eigenvalue weighted by Gasteiger charge is -2.26. The van der Waals surface area contributed by atoms with Gasteiger partial charge in [0.05, 0.1) is 25.7 Å². The molecule has 0 radical (unpaired) electrons. The average molecular weight is 368 g/mol. The summed E-state index contributed by atoms with van der Waals surface area (Å²) in [5.41, 5.74) is 0.954. The highest BCUT2D eigenvalue weighted by molar-refractivity contribution is 7.89. The van der Waals surface area contributed by atoms with Gasteiger partial charge in [-0.25, -0.2) is 13.1 Å². The highest BCUT2D eigenvalue weighted by Gasteiger charge is 2.28. The van der Waals surface area contributed by atoms with E-state index >= 15 is 0 Å². The molecule has 4 nitrogen and oxygen atoms in total. The van der Waals surface area contributed by atoms with Gasteiger partial charge < -0.3 is 4.90 Å². The Bertz CT molecular complexity index is 630. The molecule has 22 heavy (non-hydrogen) atoms. The predicted molar refractivity (Wildman–Crippen MR) is 92.6 cm³/mol. The lowest BCUT2D eigenvalue weighted by Crippen LogP contribution is -3.07. The zero-order valence-corrected chi connectivity index (χ0v) is 16.3. The van der Waals surface area contributed by atoms with Crippen LogP contribution in [0.3, 0.4) is 0 Å². The zero-order chi connectivity index (χ0) is 17.3. The summed E-state index contributed by atoms with van der Waals surface area (Å²) < 4.78 is 28.0. The minimum absolute atomic E-state index is 0.0761. The molecular formula is C15H25Cl2N2O2S+. The van der Waals surface area contributed by atoms with Gasteiger partial charge in [0.25, 0.3) is 0 Å². The van der Waals surface area contributed by atoms with Crippen LogP contribution in [0.1, 0.15) is 25.0 Å². The molecule has 0 heterocycles. The fraction of sp³-hybridized carbons (Fsp3) is 0.600. The maximum Gasteiger partial charge on any atom is 0.242 e. The van der Waals surface area contributed by atoms with Crippen LogP contribution in [0.25, 0.3) is 0 Å². The van der Waals surface area contributed by atoms with E-state index in [1.165, 1.54) is 4.90 Å². The summed E-state index contributed by atoms with van der Waals surface area (Å²) in [6.07, 6.45) is 0. The van der Waals surface area contributed by atoms with E-state index in [-0.39, 0.29) is 15.3 Å². The lowest BCUT2D eigenvalue weighted by atomic mass is 9.93. The van der Waals surface area contributed by atoms with Crippen molar-refractivity contribution in [1.82, 2.24) is 4.72 Å². The molecule has 0 bridgehead atoms. The molecule has 0 aliphatic heterocycles. The summed E-state index contributed by atoms with van der Waals surface area (Å²) in [6, 6.07) is 1.68. The van der Waals surface area contributed by atoms with Crippen molar-refractivity contribution in [2.75, 3.05) is 27.2 Å². The van der Waals surface area contributed by atoms with Crippen molar-refractivity contribution in [3.63, 3.8) is 0 Å². The Morgan fingerprint density at radius 3 is 2.27 bits per heavy atom. The maximum atomic E-state index is 12.6. The largest absolute Gasteiger partial charge is 0.339 e. The summed E-state index contributed by atoms with van der Waals surface area (Å²) in [7, 11) is 0.367. The summed E-state index contributed by atoms with van der Waals surface area (Å²) in [6.45, 7) is 8.64. The van der Waals surface area contributed by atoms with E-state index in [1.54, 1.807) is 19.9 Å². The van der Waals surface area contributed by atoms with E-state index in [4.69, 9.17) is 23.2 Å². The fourth-order valence-electron chi connectivity index (χ4n) is 2.52. The first kappa shape index (κ1) is 19.7. The highest BCUT2D eigenvalue weighted by Crippen LogP contribution is 2.33. The Hall–Kier alpha value is -0.330. The van der Waals surface area contributed by atoms with Crippen LogP contribution in [-0.4, -0.2) is 35.6 Å². The van der Waals surface area contributed by atoms with Crippen molar-refractivity contribution in [1.29, 1.82) is 0 Å². The number of halogens is 2. The normalized spacial score (nSPS) is 13.0. The van der Waals surface area contributed by atoms with Crippen LogP contribution in [0.2, 0.25) is 10.0 Å². The molecule has 0 unspecified atom stereocenters. The average Bonchev–Trinajstić information content (AvgIpc) is 2.33. The van der Waals surface area contributed by atoms with Crippen molar-refractivity contribution in [3.05, 3.63) is 27.2 Å². The second-order valence-corrected chi connectivity index (χ2v) is 9.31. The first-order valence-electron chi connectivity index (χ1n) is 7.11. The summed E-state index contributed by atoms with van der Waals surface area (Å²) >= 11 is 12.3. The molecule has 0 amide bonds. The molecule has 0 aromatic heterocycles. The molecule has 1 aromatic carbocycles. The van der Waals surface area contributed by atoms with Crippen molar-refractivity contribution >= 4 is 33.2 Å². The topological polar surface area (TPSA) is 50.6 Å². The molecule has 7 heteroatoms. The van der Waals surface area contributed by atoms with E-state index in [0.29, 0.717) is 22.7 Å². The van der Waals surface area contributed by atoms with Crippen molar-refractivity contribution in [2.45, 2.75) is 32.6 Å². The third-order valence-electron chi connectivity index (χ3n) is 3.43. The molecule has 0 saturated heterocycles. The van der Waals surface area contributed by atoms with Crippen LogP contribution in [0.15, 0.2) is 11.0 Å². The van der Waals surface area contributed by atoms with Gasteiger partial charge in [0.2, 0.25) is 10.0 Å². The Morgan fingerprint density at radius 1 is 1.23 bits per heavy atom. The fourth-order valence-corrected chi connectivity index (χ4v) is 4.97. The van der Waals surface area contributed by atoms with Gasteiger partial charge in [0.15, 0.2) is 0 Å². The van der Waals surface area contributed by atoms with Crippen LogP contribution in [0, 0.1) is 19.3 Å². The van der Waals surface area contributed by atoms with Crippen molar-refractivity contribution in [3.8, 4) is 0 Å². The van der Waals surface area contributed by atoms with Gasteiger partial charge in [-0.15, -0.1) is 0 Å². The smallest absolute Gasteiger partial charge is 0.242 e. The summed E-state index contributed by atoms with van der Waals surface area (Å²) in [5, 5.41) is 0.629. The van der Waals surface area contributed by atoms with Crippen LogP contribution in [0.4, 0.5) is 0 Å². The number of quaternary nitrogens is 1.